The second-order valence-corrected chi connectivity index (χ2v) is 8.35. The van der Waals surface area contributed by atoms with Gasteiger partial charge < -0.3 is 0 Å². The Hall–Kier alpha value is -3.54. The standard InChI is InChI=1S/C24H19N3O3/c28-22(13-9-11-25-12-10-13)26-27-23(29)20-18-14-5-1-2-6-15(14)19(21(20)24(27)30)17-8-4-3-7-16(17)18/h1-12,14-15,18-21H,(H,26,28)/t14-,15+,18-,19-,20-,21-/m0/s1. The molecule has 1 aromatic heterocycles. The fourth-order valence-electron chi connectivity index (χ4n) is 6.01. The van der Waals surface area contributed by atoms with Crippen LogP contribution < -0.4 is 5.43 Å². The van der Waals surface area contributed by atoms with Crippen LogP contribution in [0.2, 0.25) is 0 Å². The molecule has 2 heterocycles. The summed E-state index contributed by atoms with van der Waals surface area (Å²) in [7, 11) is 0. The predicted molar refractivity (Wildman–Crippen MR) is 108 cm³/mol. The molecular formula is C24H19N3O3. The van der Waals surface area contributed by atoms with Crippen molar-refractivity contribution in [3.8, 4) is 0 Å². The lowest BCUT2D eigenvalue weighted by atomic mass is 9.48. The number of hydrazine groups is 1. The summed E-state index contributed by atoms with van der Waals surface area (Å²) in [5, 5.41) is 0.967. The molecule has 1 saturated carbocycles. The first-order valence-electron chi connectivity index (χ1n) is 10.2. The number of hydrogen-bond donors (Lipinski definition) is 1. The van der Waals surface area contributed by atoms with Crippen molar-refractivity contribution in [2.24, 2.45) is 23.7 Å². The van der Waals surface area contributed by atoms with Crippen molar-refractivity contribution in [2.75, 3.05) is 0 Å². The highest BCUT2D eigenvalue weighted by Gasteiger charge is 2.65. The molecule has 4 aliphatic carbocycles. The minimum atomic E-state index is -0.486. The summed E-state index contributed by atoms with van der Waals surface area (Å²) in [5.74, 6) is -1.77. The Morgan fingerprint density at radius 2 is 1.33 bits per heavy atom. The molecule has 2 bridgehead atoms. The van der Waals surface area contributed by atoms with E-state index in [9.17, 15) is 14.4 Å². The molecule has 5 aliphatic rings. The van der Waals surface area contributed by atoms with Crippen LogP contribution in [0.3, 0.4) is 0 Å². The van der Waals surface area contributed by atoms with E-state index >= 15 is 0 Å². The molecule has 0 radical (unpaired) electrons. The Morgan fingerprint density at radius 3 is 1.87 bits per heavy atom. The second-order valence-electron chi connectivity index (χ2n) is 8.35. The monoisotopic (exact) mass is 397 g/mol. The minimum absolute atomic E-state index is 0.0679. The quantitative estimate of drug-likeness (QED) is 0.790. The molecule has 7 rings (SSSR count). The number of pyridine rings is 1. The number of aromatic nitrogens is 1. The highest BCUT2D eigenvalue weighted by Crippen LogP contribution is 2.64. The number of allylic oxidation sites excluding steroid dienone is 4. The van der Waals surface area contributed by atoms with Crippen molar-refractivity contribution < 1.29 is 14.4 Å². The maximum atomic E-state index is 13.4. The third kappa shape index (κ3) is 2.19. The Labute approximate surface area is 173 Å². The van der Waals surface area contributed by atoms with E-state index in [0.29, 0.717) is 5.56 Å². The van der Waals surface area contributed by atoms with Gasteiger partial charge in [0.1, 0.15) is 0 Å². The molecular weight excluding hydrogens is 378 g/mol. The lowest BCUT2D eigenvalue weighted by Crippen LogP contribution is -2.49. The van der Waals surface area contributed by atoms with E-state index in [-0.39, 0.29) is 35.5 Å². The lowest BCUT2D eigenvalue weighted by Gasteiger charge is -2.53. The van der Waals surface area contributed by atoms with Gasteiger partial charge in [-0.25, -0.2) is 0 Å². The summed E-state index contributed by atoms with van der Waals surface area (Å²) in [5.41, 5.74) is 5.23. The molecule has 1 saturated heterocycles. The number of imide groups is 1. The van der Waals surface area contributed by atoms with E-state index in [0.717, 1.165) is 16.1 Å². The molecule has 3 amide bonds. The van der Waals surface area contributed by atoms with Crippen LogP contribution in [0.4, 0.5) is 0 Å². The van der Waals surface area contributed by atoms with Gasteiger partial charge in [-0.15, -0.1) is 0 Å². The van der Waals surface area contributed by atoms with Crippen molar-refractivity contribution in [1.82, 2.24) is 15.4 Å². The largest absolute Gasteiger partial charge is 0.272 e. The van der Waals surface area contributed by atoms with E-state index in [1.807, 2.05) is 24.3 Å². The number of benzene rings is 1. The molecule has 0 unspecified atom stereocenters. The van der Waals surface area contributed by atoms with E-state index in [1.165, 1.54) is 12.4 Å². The van der Waals surface area contributed by atoms with Crippen molar-refractivity contribution >= 4 is 17.7 Å². The number of rotatable bonds is 2. The molecule has 30 heavy (non-hydrogen) atoms. The molecule has 1 aromatic carbocycles. The number of amides is 3. The molecule has 0 spiro atoms. The van der Waals surface area contributed by atoms with Crippen LogP contribution in [0.15, 0.2) is 73.1 Å². The molecule has 6 nitrogen and oxygen atoms in total. The summed E-state index contributed by atoms with van der Waals surface area (Å²) in [6.07, 6.45) is 11.4. The van der Waals surface area contributed by atoms with E-state index in [1.54, 1.807) is 12.1 Å². The van der Waals surface area contributed by atoms with Crippen molar-refractivity contribution in [3.05, 3.63) is 89.8 Å². The molecule has 2 aromatic rings. The van der Waals surface area contributed by atoms with Crippen LogP contribution in [0.5, 0.6) is 0 Å². The Bertz CT molecular complexity index is 1080. The average Bonchev–Trinajstić information content (AvgIpc) is 3.05. The van der Waals surface area contributed by atoms with Crippen LogP contribution in [0, 0.1) is 23.7 Å². The van der Waals surface area contributed by atoms with Gasteiger partial charge in [-0.3, -0.25) is 24.8 Å². The first kappa shape index (κ1) is 17.3. The zero-order chi connectivity index (χ0) is 20.4. The Balaban J connectivity index is 1.41. The van der Waals surface area contributed by atoms with Crippen LogP contribution >= 0.6 is 0 Å². The van der Waals surface area contributed by atoms with E-state index in [2.05, 4.69) is 34.7 Å². The number of nitrogens with zero attached hydrogens (tertiary/aromatic N) is 2. The smallest absolute Gasteiger partial charge is 0.270 e. The molecule has 1 aliphatic heterocycles. The summed E-state index contributed by atoms with van der Waals surface area (Å²) in [6, 6.07) is 11.3. The number of carbonyl (C=O) groups is 3. The topological polar surface area (TPSA) is 79.4 Å². The molecule has 6 atom stereocenters. The lowest BCUT2D eigenvalue weighted by molar-refractivity contribution is -0.142. The van der Waals surface area contributed by atoms with Gasteiger partial charge in [0.15, 0.2) is 0 Å². The summed E-state index contributed by atoms with van der Waals surface area (Å²) >= 11 is 0. The predicted octanol–water partition coefficient (Wildman–Crippen LogP) is 2.58. The SMILES string of the molecule is O=C(NN1C(=O)[C@@H]2[C@@H](C1=O)[C@@H]1c3ccccc3[C@@H]2[C@@H]2C=CC=C[C@@H]21)c1ccncc1. The van der Waals surface area contributed by atoms with Crippen LogP contribution in [-0.4, -0.2) is 27.7 Å². The van der Waals surface area contributed by atoms with Gasteiger partial charge >= 0.3 is 0 Å². The third-order valence-corrected chi connectivity index (χ3v) is 7.09. The van der Waals surface area contributed by atoms with Crippen molar-refractivity contribution in [3.63, 3.8) is 0 Å². The molecule has 148 valence electrons. The van der Waals surface area contributed by atoms with E-state index < -0.39 is 17.7 Å². The average molecular weight is 397 g/mol. The van der Waals surface area contributed by atoms with Crippen LogP contribution in [-0.2, 0) is 9.59 Å². The summed E-state index contributed by atoms with van der Waals surface area (Å²) in [4.78, 5) is 43.4. The fraction of sp³-hybridized carbons (Fsp3) is 0.250. The Morgan fingerprint density at radius 1 is 0.800 bits per heavy atom. The number of nitrogens with one attached hydrogen (secondary N) is 1. The first-order valence-corrected chi connectivity index (χ1v) is 10.2. The van der Waals surface area contributed by atoms with Gasteiger partial charge in [0.05, 0.1) is 11.8 Å². The fourth-order valence-corrected chi connectivity index (χ4v) is 6.01. The molecule has 2 fully saturated rings. The van der Waals surface area contributed by atoms with Gasteiger partial charge in [-0.2, -0.15) is 5.01 Å². The summed E-state index contributed by atoms with van der Waals surface area (Å²) in [6.45, 7) is 0. The number of carbonyl (C=O) groups excluding carboxylic acids is 3. The minimum Gasteiger partial charge on any atom is -0.272 e. The van der Waals surface area contributed by atoms with Gasteiger partial charge in [-0.05, 0) is 35.1 Å². The molecule has 6 heteroatoms. The Kier molecular flexibility index (Phi) is 3.60. The van der Waals surface area contributed by atoms with Crippen molar-refractivity contribution in [1.29, 1.82) is 0 Å². The summed E-state index contributed by atoms with van der Waals surface area (Å²) < 4.78 is 0. The normalized spacial score (nSPS) is 32.6. The molecule has 1 N–H and O–H groups in total. The highest BCUT2D eigenvalue weighted by atomic mass is 16.2. The third-order valence-electron chi connectivity index (χ3n) is 7.09. The zero-order valence-corrected chi connectivity index (χ0v) is 16.0. The maximum absolute atomic E-state index is 13.4. The van der Waals surface area contributed by atoms with E-state index in [4.69, 9.17) is 0 Å². The second kappa shape index (κ2) is 6.23. The maximum Gasteiger partial charge on any atom is 0.270 e. The van der Waals surface area contributed by atoms with Crippen LogP contribution in [0.25, 0.3) is 0 Å². The highest BCUT2D eigenvalue weighted by molar-refractivity contribution is 6.09. The first-order chi connectivity index (χ1) is 14.7. The van der Waals surface area contributed by atoms with Crippen LogP contribution in [0.1, 0.15) is 33.3 Å². The zero-order valence-electron chi connectivity index (χ0n) is 16.0. The van der Waals surface area contributed by atoms with Gasteiger partial charge in [0.25, 0.3) is 17.7 Å². The number of hydrogen-bond acceptors (Lipinski definition) is 4. The van der Waals surface area contributed by atoms with Gasteiger partial charge in [0, 0.05) is 29.8 Å². The van der Waals surface area contributed by atoms with Gasteiger partial charge in [-0.1, -0.05) is 48.6 Å². The van der Waals surface area contributed by atoms with Gasteiger partial charge in [0.2, 0.25) is 0 Å². The van der Waals surface area contributed by atoms with Crippen molar-refractivity contribution in [2.45, 2.75) is 11.8 Å².